The molecule has 3 aromatic carbocycles. The summed E-state index contributed by atoms with van der Waals surface area (Å²) in [5.41, 5.74) is 6.56. The van der Waals surface area contributed by atoms with Crippen molar-refractivity contribution in [3.05, 3.63) is 105 Å². The van der Waals surface area contributed by atoms with E-state index in [0.29, 0.717) is 25.4 Å². The maximum atomic E-state index is 5.99. The van der Waals surface area contributed by atoms with Gasteiger partial charge in [0.2, 0.25) is 0 Å². The number of likely N-dealkylation sites (tertiary alicyclic amines) is 2. The first-order valence-corrected chi connectivity index (χ1v) is 17.1. The first kappa shape index (κ1) is 30.6. The Morgan fingerprint density at radius 2 is 1.44 bits per heavy atom. The lowest BCUT2D eigenvalue weighted by atomic mass is 10.0. The Bertz CT molecular complexity index is 1650. The molecule has 5 aromatic rings. The number of hydrogen-bond acceptors (Lipinski definition) is 3. The summed E-state index contributed by atoms with van der Waals surface area (Å²) in [4.78, 5) is 8.34. The van der Waals surface area contributed by atoms with Crippen molar-refractivity contribution in [3.8, 4) is 0 Å². The third-order valence-electron chi connectivity index (χ3n) is 9.25. The highest BCUT2D eigenvalue weighted by atomic mass is 79.9. The van der Waals surface area contributed by atoms with Gasteiger partial charge in [0.15, 0.2) is 0 Å². The molecule has 0 radical (unpaired) electrons. The van der Waals surface area contributed by atoms with Crippen LogP contribution in [0.1, 0.15) is 42.4 Å². The van der Waals surface area contributed by atoms with Crippen molar-refractivity contribution in [2.24, 2.45) is 0 Å². The molecule has 0 aliphatic carbocycles. The van der Waals surface area contributed by atoms with Crippen LogP contribution < -0.4 is 0 Å². The van der Waals surface area contributed by atoms with Crippen LogP contribution in [0.25, 0.3) is 21.8 Å². The van der Waals surface area contributed by atoms with E-state index in [1.807, 2.05) is 6.07 Å². The summed E-state index contributed by atoms with van der Waals surface area (Å²) >= 11 is 7.18. The van der Waals surface area contributed by atoms with Gasteiger partial charge in [0, 0.05) is 49.7 Å². The fourth-order valence-electron chi connectivity index (χ4n) is 6.75. The van der Waals surface area contributed by atoms with Gasteiger partial charge in [-0.3, -0.25) is 0 Å². The molecule has 7 rings (SSSR count). The normalized spacial score (nSPS) is 19.3. The predicted molar refractivity (Wildman–Crippen MR) is 186 cm³/mol. The second-order valence-corrected chi connectivity index (χ2v) is 14.0. The van der Waals surface area contributed by atoms with E-state index in [1.54, 1.807) is 0 Å². The summed E-state index contributed by atoms with van der Waals surface area (Å²) in [7, 11) is 4.48. The summed E-state index contributed by atoms with van der Waals surface area (Å²) in [6.45, 7) is 3.68. The van der Waals surface area contributed by atoms with Crippen LogP contribution in [-0.2, 0) is 30.9 Å². The molecule has 0 unspecified atom stereocenters. The molecule has 226 valence electrons. The second kappa shape index (κ2) is 14.1. The number of hydrogen-bond donors (Lipinski definition) is 1. The van der Waals surface area contributed by atoms with Crippen molar-refractivity contribution in [2.45, 2.75) is 63.9 Å². The molecule has 1 N–H and O–H groups in total. The number of ether oxygens (including phenoxy) is 1. The Hall–Kier alpha value is -2.42. The van der Waals surface area contributed by atoms with Gasteiger partial charge in [0.25, 0.3) is 0 Å². The molecule has 2 saturated heterocycles. The first-order valence-electron chi connectivity index (χ1n) is 15.5. The molecule has 0 amide bonds. The number of nitrogens with one attached hydrogen (secondary N) is 1. The van der Waals surface area contributed by atoms with E-state index in [4.69, 9.17) is 4.74 Å². The molecular weight excluding hydrogens is 664 g/mol. The molecular formula is C36H42Br2N4O. The molecule has 2 aliphatic rings. The molecule has 2 aliphatic heterocycles. The largest absolute Gasteiger partial charge is 0.361 e. The lowest BCUT2D eigenvalue weighted by Gasteiger charge is -2.18. The van der Waals surface area contributed by atoms with Crippen LogP contribution in [0.15, 0.2) is 88.1 Å². The van der Waals surface area contributed by atoms with Crippen molar-refractivity contribution in [3.63, 3.8) is 0 Å². The zero-order chi connectivity index (χ0) is 29.8. The number of fused-ring (bicyclic) bond motifs is 2. The minimum atomic E-state index is 0.577. The molecule has 2 atom stereocenters. The van der Waals surface area contributed by atoms with Crippen molar-refractivity contribution in [1.82, 2.24) is 19.4 Å². The summed E-state index contributed by atoms with van der Waals surface area (Å²) < 4.78 is 10.5. The van der Waals surface area contributed by atoms with Gasteiger partial charge in [-0.15, -0.1) is 0 Å². The fourth-order valence-corrected chi connectivity index (χ4v) is 7.47. The molecule has 0 saturated carbocycles. The van der Waals surface area contributed by atoms with Gasteiger partial charge in [-0.1, -0.05) is 62.2 Å². The zero-order valence-electron chi connectivity index (χ0n) is 25.2. The van der Waals surface area contributed by atoms with Crippen LogP contribution in [0.5, 0.6) is 0 Å². The summed E-state index contributed by atoms with van der Waals surface area (Å²) in [6.07, 6.45) is 12.0. The monoisotopic (exact) mass is 704 g/mol. The van der Waals surface area contributed by atoms with Gasteiger partial charge in [0.05, 0.1) is 12.1 Å². The lowest BCUT2D eigenvalue weighted by molar-refractivity contribution is 0.0667. The number of halogens is 2. The van der Waals surface area contributed by atoms with E-state index >= 15 is 0 Å². The molecule has 7 heteroatoms. The molecule has 2 aromatic heterocycles. The van der Waals surface area contributed by atoms with Crippen LogP contribution in [0, 0.1) is 0 Å². The van der Waals surface area contributed by atoms with Gasteiger partial charge < -0.3 is 24.1 Å². The Labute approximate surface area is 272 Å². The summed E-state index contributed by atoms with van der Waals surface area (Å²) in [6, 6.07) is 24.7. The first-order chi connectivity index (χ1) is 20.9. The fraction of sp³-hybridized carbons (Fsp3) is 0.389. The molecule has 2 fully saturated rings. The van der Waals surface area contributed by atoms with Crippen molar-refractivity contribution in [2.75, 3.05) is 27.2 Å². The van der Waals surface area contributed by atoms with Gasteiger partial charge in [0.1, 0.15) is 6.73 Å². The highest BCUT2D eigenvalue weighted by Gasteiger charge is 2.23. The van der Waals surface area contributed by atoms with Crippen LogP contribution in [-0.4, -0.2) is 58.6 Å². The maximum Gasteiger partial charge on any atom is 0.123 e. The zero-order valence-corrected chi connectivity index (χ0v) is 28.4. The average Bonchev–Trinajstić information content (AvgIpc) is 3.79. The third kappa shape index (κ3) is 7.46. The van der Waals surface area contributed by atoms with Gasteiger partial charge in [-0.2, -0.15) is 0 Å². The number of aromatic amines is 1. The van der Waals surface area contributed by atoms with E-state index in [9.17, 15) is 0 Å². The number of benzene rings is 3. The van der Waals surface area contributed by atoms with Crippen molar-refractivity contribution < 1.29 is 4.74 Å². The van der Waals surface area contributed by atoms with Crippen LogP contribution in [0.2, 0.25) is 0 Å². The molecule has 4 heterocycles. The van der Waals surface area contributed by atoms with E-state index in [2.05, 4.69) is 138 Å². The van der Waals surface area contributed by atoms with Crippen molar-refractivity contribution >= 4 is 53.7 Å². The third-order valence-corrected chi connectivity index (χ3v) is 10.2. The second-order valence-electron chi connectivity index (χ2n) is 12.2. The van der Waals surface area contributed by atoms with Gasteiger partial charge in [-0.05, 0) is 119 Å². The minimum absolute atomic E-state index is 0.577. The summed E-state index contributed by atoms with van der Waals surface area (Å²) in [5, 5.41) is 2.70. The van der Waals surface area contributed by atoms with Gasteiger partial charge >= 0.3 is 0 Å². The SMILES string of the molecule is CN1CCC[C@@H]1Cc1c[nH]c2ccc(Br)cc12.CN1CCC[C@@H]1Cc1cn(COCc2ccccc2)c2ccc(Br)cc12. The van der Waals surface area contributed by atoms with Gasteiger partial charge in [-0.25, -0.2) is 0 Å². The Morgan fingerprint density at radius 1 is 0.791 bits per heavy atom. The number of likely N-dealkylation sites (N-methyl/N-ethyl adjacent to an activating group) is 2. The Morgan fingerprint density at radius 3 is 2.12 bits per heavy atom. The molecule has 0 bridgehead atoms. The van der Waals surface area contributed by atoms with Crippen LogP contribution in [0.4, 0.5) is 0 Å². The lowest BCUT2D eigenvalue weighted by Crippen LogP contribution is -2.26. The Balaban J connectivity index is 0.000000167. The van der Waals surface area contributed by atoms with Crippen LogP contribution in [0.3, 0.4) is 0 Å². The van der Waals surface area contributed by atoms with E-state index in [1.165, 1.54) is 77.3 Å². The highest BCUT2D eigenvalue weighted by Crippen LogP contribution is 2.30. The number of aromatic nitrogens is 2. The number of nitrogens with zero attached hydrogens (tertiary/aromatic N) is 3. The highest BCUT2D eigenvalue weighted by molar-refractivity contribution is 9.10. The average molecular weight is 707 g/mol. The quantitative estimate of drug-likeness (QED) is 0.175. The predicted octanol–water partition coefficient (Wildman–Crippen LogP) is 8.78. The number of rotatable bonds is 8. The molecule has 0 spiro atoms. The van der Waals surface area contributed by atoms with E-state index in [-0.39, 0.29) is 0 Å². The topological polar surface area (TPSA) is 36.4 Å². The summed E-state index contributed by atoms with van der Waals surface area (Å²) in [5.74, 6) is 0. The molecule has 43 heavy (non-hydrogen) atoms. The maximum absolute atomic E-state index is 5.99. The van der Waals surface area contributed by atoms with E-state index < -0.39 is 0 Å². The Kier molecular flexibility index (Phi) is 10.1. The van der Waals surface area contributed by atoms with E-state index in [0.717, 1.165) is 21.8 Å². The van der Waals surface area contributed by atoms with Crippen molar-refractivity contribution in [1.29, 1.82) is 0 Å². The minimum Gasteiger partial charge on any atom is -0.361 e. The smallest absolute Gasteiger partial charge is 0.123 e. The number of H-pyrrole nitrogens is 1. The van der Waals surface area contributed by atoms with Crippen LogP contribution >= 0.6 is 31.9 Å². The standard InChI is InChI=1S/C22H25BrN2O.C14H17BrN2/c1-24-11-5-8-20(24)12-18-14-25(22-10-9-19(23)13-21(18)22)16-26-15-17-6-3-2-4-7-17;1-17-6-2-3-12(17)7-10-9-16-14-5-4-11(15)8-13(10)14/h2-4,6-7,9-10,13-14,20H,5,8,11-12,15-16H2,1H3;4-5,8-9,12,16H,2-3,6-7H2,1H3/t20-;12-/m11/s1. The molecule has 5 nitrogen and oxygen atoms in total.